The maximum absolute atomic E-state index is 13.5. The van der Waals surface area contributed by atoms with Crippen LogP contribution in [0.15, 0.2) is 30.5 Å². The van der Waals surface area contributed by atoms with Gasteiger partial charge in [0.1, 0.15) is 5.67 Å². The van der Waals surface area contributed by atoms with E-state index in [2.05, 4.69) is 41.6 Å². The molecule has 2 aromatic rings. The van der Waals surface area contributed by atoms with Crippen molar-refractivity contribution in [3.63, 3.8) is 0 Å². The molecule has 1 heterocycles. The maximum Gasteiger partial charge on any atom is 0.123 e. The number of H-pyrrole nitrogens is 1. The summed E-state index contributed by atoms with van der Waals surface area (Å²) in [5.41, 5.74) is 1.56. The Morgan fingerprint density at radius 1 is 1.39 bits per heavy atom. The predicted octanol–water partition coefficient (Wildman–Crippen LogP) is 3.19. The van der Waals surface area contributed by atoms with Gasteiger partial charge in [-0.25, -0.2) is 4.39 Å². The molecule has 1 saturated carbocycles. The van der Waals surface area contributed by atoms with Crippen LogP contribution in [-0.2, 0) is 6.42 Å². The lowest BCUT2D eigenvalue weighted by Gasteiger charge is -2.15. The second-order valence-corrected chi connectivity index (χ2v) is 5.50. The van der Waals surface area contributed by atoms with Crippen LogP contribution in [0.3, 0.4) is 0 Å². The molecule has 18 heavy (non-hydrogen) atoms. The third kappa shape index (κ3) is 2.41. The summed E-state index contributed by atoms with van der Waals surface area (Å²) in [6, 6.07) is 8.60. The molecule has 0 bridgehead atoms. The van der Waals surface area contributed by atoms with Crippen LogP contribution < -0.4 is 5.32 Å². The zero-order valence-corrected chi connectivity index (χ0v) is 10.7. The molecule has 1 aliphatic carbocycles. The van der Waals surface area contributed by atoms with Crippen molar-refractivity contribution in [2.45, 2.75) is 37.9 Å². The summed E-state index contributed by atoms with van der Waals surface area (Å²) in [4.78, 5) is 3.28. The number of fused-ring (bicyclic) bond motifs is 1. The molecule has 3 rings (SSSR count). The van der Waals surface area contributed by atoms with E-state index in [-0.39, 0.29) is 0 Å². The van der Waals surface area contributed by atoms with Gasteiger partial charge in [0, 0.05) is 29.7 Å². The van der Waals surface area contributed by atoms with Crippen LogP contribution in [0.1, 0.15) is 25.3 Å². The summed E-state index contributed by atoms with van der Waals surface area (Å²) in [6.07, 6.45) is 4.44. The van der Waals surface area contributed by atoms with Gasteiger partial charge in [0.15, 0.2) is 0 Å². The van der Waals surface area contributed by atoms with E-state index >= 15 is 0 Å². The molecule has 0 saturated heterocycles. The third-order valence-corrected chi connectivity index (χ3v) is 3.76. The number of hydrogen-bond donors (Lipinski definition) is 2. The van der Waals surface area contributed by atoms with E-state index in [0.717, 1.165) is 19.3 Å². The van der Waals surface area contributed by atoms with Gasteiger partial charge in [0.2, 0.25) is 0 Å². The van der Waals surface area contributed by atoms with Crippen LogP contribution in [0.5, 0.6) is 0 Å². The maximum atomic E-state index is 13.5. The van der Waals surface area contributed by atoms with Gasteiger partial charge in [-0.15, -0.1) is 0 Å². The first kappa shape index (κ1) is 11.7. The Kier molecular flexibility index (Phi) is 2.86. The molecule has 3 heteroatoms. The summed E-state index contributed by atoms with van der Waals surface area (Å²) < 4.78 is 13.5. The molecular formula is C15H19FN2. The van der Waals surface area contributed by atoms with Gasteiger partial charge in [-0.1, -0.05) is 18.2 Å². The summed E-state index contributed by atoms with van der Waals surface area (Å²) in [7, 11) is 0. The van der Waals surface area contributed by atoms with E-state index < -0.39 is 5.67 Å². The van der Waals surface area contributed by atoms with E-state index in [1.807, 2.05) is 6.07 Å². The number of para-hydroxylation sites is 1. The summed E-state index contributed by atoms with van der Waals surface area (Å²) in [5, 5.41) is 4.57. The van der Waals surface area contributed by atoms with Crippen LogP contribution in [-0.4, -0.2) is 23.2 Å². The van der Waals surface area contributed by atoms with Gasteiger partial charge in [-0.3, -0.25) is 0 Å². The second-order valence-electron chi connectivity index (χ2n) is 5.50. The molecule has 1 fully saturated rings. The van der Waals surface area contributed by atoms with Gasteiger partial charge < -0.3 is 10.3 Å². The largest absolute Gasteiger partial charge is 0.361 e. The first-order valence-electron chi connectivity index (χ1n) is 6.64. The Balaban J connectivity index is 1.64. The van der Waals surface area contributed by atoms with Gasteiger partial charge in [-0.05, 0) is 37.8 Å². The fraction of sp³-hybridized carbons (Fsp3) is 0.467. The fourth-order valence-electron chi connectivity index (χ4n) is 2.37. The Bertz CT molecular complexity index is 542. The minimum Gasteiger partial charge on any atom is -0.361 e. The number of aromatic nitrogens is 1. The SMILES string of the molecule is C[C@H](Cc1c[nH]c2ccccc12)NCC1(F)CC1. The van der Waals surface area contributed by atoms with Gasteiger partial charge >= 0.3 is 0 Å². The number of halogens is 1. The van der Waals surface area contributed by atoms with E-state index in [9.17, 15) is 4.39 Å². The number of aromatic amines is 1. The van der Waals surface area contributed by atoms with E-state index in [1.165, 1.54) is 16.5 Å². The van der Waals surface area contributed by atoms with Crippen molar-refractivity contribution in [1.29, 1.82) is 0 Å². The molecule has 2 nitrogen and oxygen atoms in total. The summed E-state index contributed by atoms with van der Waals surface area (Å²) in [5.74, 6) is 0. The van der Waals surface area contributed by atoms with Crippen LogP contribution in [0.4, 0.5) is 4.39 Å². The van der Waals surface area contributed by atoms with E-state index in [4.69, 9.17) is 0 Å². The quantitative estimate of drug-likeness (QED) is 0.833. The van der Waals surface area contributed by atoms with E-state index in [0.29, 0.717) is 12.6 Å². The predicted molar refractivity (Wildman–Crippen MR) is 72.5 cm³/mol. The van der Waals surface area contributed by atoms with Crippen LogP contribution in [0.25, 0.3) is 10.9 Å². The highest BCUT2D eigenvalue weighted by Gasteiger charge is 2.42. The average molecular weight is 246 g/mol. The lowest BCUT2D eigenvalue weighted by atomic mass is 10.1. The first-order chi connectivity index (χ1) is 8.66. The molecular weight excluding hydrogens is 227 g/mol. The summed E-state index contributed by atoms with van der Waals surface area (Å²) >= 11 is 0. The monoisotopic (exact) mass is 246 g/mol. The smallest absolute Gasteiger partial charge is 0.123 e. The first-order valence-corrected chi connectivity index (χ1v) is 6.64. The molecule has 1 aromatic carbocycles. The van der Waals surface area contributed by atoms with Crippen molar-refractivity contribution < 1.29 is 4.39 Å². The van der Waals surface area contributed by atoms with Crippen molar-refractivity contribution in [1.82, 2.24) is 10.3 Å². The highest BCUT2D eigenvalue weighted by atomic mass is 19.1. The molecule has 0 aliphatic heterocycles. The second kappa shape index (κ2) is 4.39. The van der Waals surface area contributed by atoms with Crippen molar-refractivity contribution in [2.24, 2.45) is 0 Å². The Morgan fingerprint density at radius 3 is 2.94 bits per heavy atom. The molecule has 0 amide bonds. The molecule has 0 unspecified atom stereocenters. The lowest BCUT2D eigenvalue weighted by molar-refractivity contribution is 0.285. The molecule has 1 aliphatic rings. The highest BCUT2D eigenvalue weighted by molar-refractivity contribution is 5.83. The standard InChI is InChI=1S/C15H19FN2/c1-11(18-10-15(16)6-7-15)8-12-9-17-14-5-3-2-4-13(12)14/h2-5,9,11,17-18H,6-8,10H2,1H3/t11-/m1/s1. The number of hydrogen-bond acceptors (Lipinski definition) is 1. The molecule has 0 radical (unpaired) electrons. The number of alkyl halides is 1. The Labute approximate surface area is 107 Å². The zero-order valence-electron chi connectivity index (χ0n) is 10.7. The number of benzene rings is 1. The number of nitrogens with one attached hydrogen (secondary N) is 2. The normalized spacial score (nSPS) is 19.0. The zero-order chi connectivity index (χ0) is 12.6. The summed E-state index contributed by atoms with van der Waals surface area (Å²) in [6.45, 7) is 2.62. The van der Waals surface area contributed by atoms with Crippen LogP contribution >= 0.6 is 0 Å². The van der Waals surface area contributed by atoms with Gasteiger partial charge in [0.05, 0.1) is 0 Å². The average Bonchev–Trinajstić information content (AvgIpc) is 2.98. The fourth-order valence-corrected chi connectivity index (χ4v) is 2.37. The minimum absolute atomic E-state index is 0.303. The van der Waals surface area contributed by atoms with Crippen molar-refractivity contribution >= 4 is 10.9 Å². The van der Waals surface area contributed by atoms with Crippen molar-refractivity contribution in [3.8, 4) is 0 Å². The van der Waals surface area contributed by atoms with Crippen LogP contribution in [0.2, 0.25) is 0 Å². The topological polar surface area (TPSA) is 27.8 Å². The molecule has 1 atom stereocenters. The van der Waals surface area contributed by atoms with Gasteiger partial charge in [0.25, 0.3) is 0 Å². The molecule has 96 valence electrons. The lowest BCUT2D eigenvalue weighted by Crippen LogP contribution is -2.34. The molecule has 1 aromatic heterocycles. The van der Waals surface area contributed by atoms with Crippen molar-refractivity contribution in [2.75, 3.05) is 6.54 Å². The number of rotatable bonds is 5. The van der Waals surface area contributed by atoms with Crippen molar-refractivity contribution in [3.05, 3.63) is 36.0 Å². The molecule has 2 N–H and O–H groups in total. The molecule has 0 spiro atoms. The minimum atomic E-state index is -0.908. The Morgan fingerprint density at radius 2 is 2.17 bits per heavy atom. The van der Waals surface area contributed by atoms with E-state index in [1.54, 1.807) is 0 Å². The van der Waals surface area contributed by atoms with Crippen LogP contribution in [0, 0.1) is 0 Å². The van der Waals surface area contributed by atoms with Gasteiger partial charge in [-0.2, -0.15) is 0 Å². The third-order valence-electron chi connectivity index (χ3n) is 3.76. The Hall–Kier alpha value is -1.35. The highest BCUT2D eigenvalue weighted by Crippen LogP contribution is 2.38.